The summed E-state index contributed by atoms with van der Waals surface area (Å²) in [5, 5.41) is 4.10. The minimum absolute atomic E-state index is 0.0211. The number of sulfonamides is 1. The predicted molar refractivity (Wildman–Crippen MR) is 107 cm³/mol. The second-order valence-electron chi connectivity index (χ2n) is 5.46. The molecule has 0 aliphatic carbocycles. The summed E-state index contributed by atoms with van der Waals surface area (Å²) in [6.07, 6.45) is 0. The topological polar surface area (TPSA) is 63.2 Å². The highest BCUT2D eigenvalue weighted by Gasteiger charge is 2.20. The van der Waals surface area contributed by atoms with Crippen LogP contribution in [0, 0.1) is 6.92 Å². The van der Waals surface area contributed by atoms with Gasteiger partial charge in [-0.05, 0) is 48.2 Å². The molecule has 0 spiro atoms. The lowest BCUT2D eigenvalue weighted by Gasteiger charge is -2.09. The van der Waals surface area contributed by atoms with Gasteiger partial charge in [0.25, 0.3) is 0 Å². The fourth-order valence-electron chi connectivity index (χ4n) is 2.21. The van der Waals surface area contributed by atoms with Gasteiger partial charge in [-0.3, -0.25) is 4.79 Å². The summed E-state index contributed by atoms with van der Waals surface area (Å²) in [5.41, 5.74) is 1.25. The Balaban J connectivity index is 1.75. The number of aryl methyl sites for hydroxylation is 1. The molecule has 1 aromatic carbocycles. The molecule has 3 rings (SSSR count). The Bertz CT molecular complexity index is 1060. The highest BCUT2D eigenvalue weighted by Crippen LogP contribution is 2.28. The molecule has 0 saturated carbocycles. The van der Waals surface area contributed by atoms with Gasteiger partial charge in [-0.15, -0.1) is 11.3 Å². The predicted octanol–water partition coefficient (Wildman–Crippen LogP) is 5.13. The monoisotopic (exact) mass is 445 g/mol. The van der Waals surface area contributed by atoms with Crippen molar-refractivity contribution in [2.75, 3.05) is 0 Å². The molecule has 136 valence electrons. The summed E-state index contributed by atoms with van der Waals surface area (Å²) in [6, 6.07) is 8.05. The number of carbonyl (C=O) groups excluding carboxylic acids is 1. The van der Waals surface area contributed by atoms with Gasteiger partial charge in [-0.25, -0.2) is 13.1 Å². The van der Waals surface area contributed by atoms with Crippen LogP contribution in [0.4, 0.5) is 0 Å². The van der Waals surface area contributed by atoms with Gasteiger partial charge < -0.3 is 0 Å². The summed E-state index contributed by atoms with van der Waals surface area (Å²) in [7, 11) is -3.80. The molecular weight excluding hydrogens is 433 g/mol. The van der Waals surface area contributed by atoms with Gasteiger partial charge in [-0.1, -0.05) is 23.2 Å². The number of benzene rings is 1. The van der Waals surface area contributed by atoms with Crippen LogP contribution < -0.4 is 4.72 Å². The molecule has 0 radical (unpaired) electrons. The Morgan fingerprint density at radius 1 is 1.15 bits per heavy atom. The summed E-state index contributed by atoms with van der Waals surface area (Å²) in [5.74, 6) is -0.0678. The van der Waals surface area contributed by atoms with E-state index in [1.165, 1.54) is 34.8 Å². The van der Waals surface area contributed by atoms with E-state index in [1.807, 2.05) is 5.38 Å². The third-order valence-electron chi connectivity index (χ3n) is 3.61. The van der Waals surface area contributed by atoms with Crippen molar-refractivity contribution < 1.29 is 13.2 Å². The lowest BCUT2D eigenvalue weighted by atomic mass is 10.2. The maximum atomic E-state index is 12.5. The van der Waals surface area contributed by atoms with Crippen molar-refractivity contribution in [2.45, 2.75) is 18.4 Å². The molecule has 2 heterocycles. The van der Waals surface area contributed by atoms with Crippen LogP contribution in [0.1, 0.15) is 25.7 Å². The molecular formula is C17H13Cl2NO3S3. The molecule has 0 saturated heterocycles. The molecule has 2 aromatic heterocycles. The van der Waals surface area contributed by atoms with E-state index >= 15 is 0 Å². The molecule has 4 nitrogen and oxygen atoms in total. The molecule has 0 atom stereocenters. The number of hydrogen-bond donors (Lipinski definition) is 1. The van der Waals surface area contributed by atoms with Crippen molar-refractivity contribution in [3.8, 4) is 0 Å². The number of carbonyl (C=O) groups is 1. The second kappa shape index (κ2) is 7.80. The first-order valence-electron chi connectivity index (χ1n) is 7.39. The minimum Gasteiger partial charge on any atom is -0.288 e. The number of thiophene rings is 2. The average molecular weight is 446 g/mol. The van der Waals surface area contributed by atoms with Gasteiger partial charge in [0, 0.05) is 27.4 Å². The van der Waals surface area contributed by atoms with Crippen LogP contribution >= 0.6 is 45.9 Å². The Kier molecular flexibility index (Phi) is 5.86. The molecule has 26 heavy (non-hydrogen) atoms. The first-order valence-corrected chi connectivity index (χ1v) is 11.4. The van der Waals surface area contributed by atoms with Crippen LogP contribution in [0.3, 0.4) is 0 Å². The highest BCUT2D eigenvalue weighted by atomic mass is 35.5. The zero-order chi connectivity index (χ0) is 18.9. The van der Waals surface area contributed by atoms with E-state index in [2.05, 4.69) is 4.72 Å². The van der Waals surface area contributed by atoms with E-state index in [4.69, 9.17) is 23.2 Å². The SMILES string of the molecule is Cc1cc(S(=O)(=O)NCc2ccc(C(=O)c3ccsc3)s2)c(Cl)cc1Cl. The Morgan fingerprint density at radius 3 is 2.62 bits per heavy atom. The lowest BCUT2D eigenvalue weighted by molar-refractivity contribution is 0.104. The number of ketones is 1. The van der Waals surface area contributed by atoms with E-state index in [0.29, 0.717) is 21.0 Å². The zero-order valence-corrected chi connectivity index (χ0v) is 17.4. The van der Waals surface area contributed by atoms with Gasteiger partial charge in [0.05, 0.1) is 9.90 Å². The van der Waals surface area contributed by atoms with Crippen LogP contribution in [0.25, 0.3) is 0 Å². The van der Waals surface area contributed by atoms with E-state index in [-0.39, 0.29) is 22.2 Å². The maximum Gasteiger partial charge on any atom is 0.242 e. The van der Waals surface area contributed by atoms with Gasteiger partial charge >= 0.3 is 0 Å². The fourth-order valence-corrected chi connectivity index (χ4v) is 5.68. The number of halogens is 2. The van der Waals surface area contributed by atoms with Gasteiger partial charge in [0.15, 0.2) is 0 Å². The van der Waals surface area contributed by atoms with Gasteiger partial charge in [-0.2, -0.15) is 11.3 Å². The number of hydrogen-bond acceptors (Lipinski definition) is 5. The van der Waals surface area contributed by atoms with Crippen molar-refractivity contribution in [3.63, 3.8) is 0 Å². The summed E-state index contributed by atoms with van der Waals surface area (Å²) in [4.78, 5) is 13.6. The van der Waals surface area contributed by atoms with Crippen molar-refractivity contribution in [1.29, 1.82) is 0 Å². The third kappa shape index (κ3) is 4.19. The van der Waals surface area contributed by atoms with E-state index in [1.54, 1.807) is 30.5 Å². The summed E-state index contributed by atoms with van der Waals surface area (Å²) in [6.45, 7) is 1.78. The lowest BCUT2D eigenvalue weighted by Crippen LogP contribution is -2.23. The fraction of sp³-hybridized carbons (Fsp3) is 0.118. The van der Waals surface area contributed by atoms with E-state index in [0.717, 1.165) is 4.88 Å². The van der Waals surface area contributed by atoms with Crippen LogP contribution in [-0.2, 0) is 16.6 Å². The molecule has 0 aliphatic heterocycles. The molecule has 9 heteroatoms. The average Bonchev–Trinajstić information content (AvgIpc) is 3.27. The third-order valence-corrected chi connectivity index (χ3v) is 7.65. The van der Waals surface area contributed by atoms with Crippen LogP contribution in [-0.4, -0.2) is 14.2 Å². The summed E-state index contributed by atoms with van der Waals surface area (Å²) >= 11 is 14.7. The Morgan fingerprint density at radius 2 is 1.92 bits per heavy atom. The van der Waals surface area contributed by atoms with Crippen molar-refractivity contribution in [1.82, 2.24) is 4.72 Å². The van der Waals surface area contributed by atoms with Crippen molar-refractivity contribution in [3.05, 3.63) is 72.0 Å². The smallest absolute Gasteiger partial charge is 0.242 e. The molecule has 0 bridgehead atoms. The quantitative estimate of drug-likeness (QED) is 0.534. The van der Waals surface area contributed by atoms with Gasteiger partial charge in [0.1, 0.15) is 4.90 Å². The number of rotatable bonds is 6. The Hall–Kier alpha value is -1.22. The van der Waals surface area contributed by atoms with Crippen molar-refractivity contribution >= 4 is 61.7 Å². The molecule has 0 amide bonds. The van der Waals surface area contributed by atoms with E-state index < -0.39 is 10.0 Å². The van der Waals surface area contributed by atoms with Crippen molar-refractivity contribution in [2.24, 2.45) is 0 Å². The Labute approximate surface area is 169 Å². The van der Waals surface area contributed by atoms with Gasteiger partial charge in [0.2, 0.25) is 15.8 Å². The van der Waals surface area contributed by atoms with Crippen LogP contribution in [0.15, 0.2) is 46.0 Å². The molecule has 0 unspecified atom stereocenters. The molecule has 0 fully saturated rings. The normalized spacial score (nSPS) is 11.7. The molecule has 3 aromatic rings. The zero-order valence-electron chi connectivity index (χ0n) is 13.5. The molecule has 1 N–H and O–H groups in total. The largest absolute Gasteiger partial charge is 0.288 e. The van der Waals surface area contributed by atoms with Crippen LogP contribution in [0.5, 0.6) is 0 Å². The highest BCUT2D eigenvalue weighted by molar-refractivity contribution is 7.89. The maximum absolute atomic E-state index is 12.5. The molecule has 0 aliphatic rings. The van der Waals surface area contributed by atoms with Crippen LogP contribution in [0.2, 0.25) is 10.0 Å². The standard InChI is InChI=1S/C17H13Cl2NO3S3/c1-10-6-16(14(19)7-13(10)18)26(22,23)20-8-12-2-3-15(25-12)17(21)11-4-5-24-9-11/h2-7,9,20H,8H2,1H3. The first kappa shape index (κ1) is 19.5. The minimum atomic E-state index is -3.80. The van der Waals surface area contributed by atoms with E-state index in [9.17, 15) is 13.2 Å². The summed E-state index contributed by atoms with van der Waals surface area (Å²) < 4.78 is 27.5. The number of nitrogens with one attached hydrogen (secondary N) is 1. The first-order chi connectivity index (χ1) is 12.3. The second-order valence-corrected chi connectivity index (χ2v) is 9.96.